The third-order valence-electron chi connectivity index (χ3n) is 2.85. The Balaban J connectivity index is 1.98. The number of ether oxygens (including phenoxy) is 1. The van der Waals surface area contributed by atoms with Crippen LogP contribution in [-0.2, 0) is 11.3 Å². The van der Waals surface area contributed by atoms with Gasteiger partial charge in [-0.2, -0.15) is 11.3 Å². The Kier molecular flexibility index (Phi) is 5.28. The van der Waals surface area contributed by atoms with Crippen molar-refractivity contribution in [3.8, 4) is 0 Å². The molecule has 2 heterocycles. The highest BCUT2D eigenvalue weighted by Crippen LogP contribution is 2.22. The zero-order chi connectivity index (χ0) is 14.5. The van der Waals surface area contributed by atoms with Gasteiger partial charge in [-0.3, -0.25) is 4.79 Å². The predicted octanol–water partition coefficient (Wildman–Crippen LogP) is 3.57. The molecule has 0 saturated heterocycles. The van der Waals surface area contributed by atoms with Gasteiger partial charge in [0.15, 0.2) is 0 Å². The molecule has 20 heavy (non-hydrogen) atoms. The summed E-state index contributed by atoms with van der Waals surface area (Å²) in [7, 11) is 1.80. The van der Waals surface area contributed by atoms with E-state index in [-0.39, 0.29) is 12.0 Å². The van der Waals surface area contributed by atoms with Crippen molar-refractivity contribution in [1.82, 2.24) is 9.88 Å². The molecule has 0 spiro atoms. The summed E-state index contributed by atoms with van der Waals surface area (Å²) >= 11 is 3.10. The van der Waals surface area contributed by atoms with Crippen LogP contribution in [0.3, 0.4) is 0 Å². The van der Waals surface area contributed by atoms with E-state index >= 15 is 0 Å². The molecule has 0 aliphatic rings. The highest BCUT2D eigenvalue weighted by Gasteiger charge is 2.15. The van der Waals surface area contributed by atoms with E-state index in [9.17, 15) is 4.79 Å². The van der Waals surface area contributed by atoms with E-state index in [0.717, 1.165) is 16.3 Å². The maximum Gasteiger partial charge on any atom is 0.254 e. The summed E-state index contributed by atoms with van der Waals surface area (Å²) in [5.41, 5.74) is 1.64. The van der Waals surface area contributed by atoms with Crippen LogP contribution in [0, 0.1) is 0 Å². The van der Waals surface area contributed by atoms with Gasteiger partial charge in [-0.05, 0) is 25.3 Å². The number of thiophene rings is 1. The van der Waals surface area contributed by atoms with Gasteiger partial charge >= 0.3 is 0 Å². The second kappa shape index (κ2) is 6.97. The smallest absolute Gasteiger partial charge is 0.254 e. The monoisotopic (exact) mass is 310 g/mol. The van der Waals surface area contributed by atoms with Gasteiger partial charge in [0.1, 0.15) is 11.1 Å². The van der Waals surface area contributed by atoms with Gasteiger partial charge in [-0.1, -0.05) is 0 Å². The lowest BCUT2D eigenvalue weighted by atomic mass is 10.3. The minimum absolute atomic E-state index is 0.0108. The molecule has 0 saturated carbocycles. The van der Waals surface area contributed by atoms with Crippen molar-refractivity contribution in [3.63, 3.8) is 0 Å². The number of amides is 1. The summed E-state index contributed by atoms with van der Waals surface area (Å²) in [4.78, 5) is 18.4. The Morgan fingerprint density at radius 3 is 2.95 bits per heavy atom. The van der Waals surface area contributed by atoms with Crippen LogP contribution in [0.1, 0.15) is 41.0 Å². The Hall–Kier alpha value is -1.24. The summed E-state index contributed by atoms with van der Waals surface area (Å²) in [6.45, 7) is 5.15. The summed E-state index contributed by atoms with van der Waals surface area (Å²) in [6, 6.07) is 1.84. The highest BCUT2D eigenvalue weighted by molar-refractivity contribution is 7.09. The van der Waals surface area contributed by atoms with Crippen LogP contribution in [-0.4, -0.2) is 29.4 Å². The van der Waals surface area contributed by atoms with Crippen LogP contribution >= 0.6 is 22.7 Å². The van der Waals surface area contributed by atoms with Crippen molar-refractivity contribution < 1.29 is 9.53 Å². The molecule has 1 amide bonds. The van der Waals surface area contributed by atoms with E-state index in [0.29, 0.717) is 13.2 Å². The highest BCUT2D eigenvalue weighted by atomic mass is 32.1. The average molecular weight is 310 g/mol. The molecule has 2 aromatic heterocycles. The maximum atomic E-state index is 12.1. The first kappa shape index (κ1) is 15.2. The average Bonchev–Trinajstić information content (AvgIpc) is 3.09. The molecule has 0 aliphatic carbocycles. The largest absolute Gasteiger partial charge is 0.372 e. The summed E-state index contributed by atoms with van der Waals surface area (Å²) in [6.07, 6.45) is 0.0108. The molecule has 2 aromatic rings. The van der Waals surface area contributed by atoms with Crippen molar-refractivity contribution in [2.75, 3.05) is 13.7 Å². The van der Waals surface area contributed by atoms with Crippen molar-refractivity contribution in [3.05, 3.63) is 38.5 Å². The van der Waals surface area contributed by atoms with Crippen LogP contribution in [0.5, 0.6) is 0 Å². The maximum absolute atomic E-state index is 12.1. The van der Waals surface area contributed by atoms with Crippen LogP contribution in [0.2, 0.25) is 0 Å². The fourth-order valence-electron chi connectivity index (χ4n) is 1.82. The minimum atomic E-state index is 0.0108. The topological polar surface area (TPSA) is 42.4 Å². The molecular weight excluding hydrogens is 292 g/mol. The van der Waals surface area contributed by atoms with Gasteiger partial charge in [-0.25, -0.2) is 4.98 Å². The van der Waals surface area contributed by atoms with E-state index in [2.05, 4.69) is 4.98 Å². The van der Waals surface area contributed by atoms with Crippen molar-refractivity contribution in [2.45, 2.75) is 26.5 Å². The molecule has 0 unspecified atom stereocenters. The Bertz CT molecular complexity index is 551. The second-order valence-electron chi connectivity index (χ2n) is 4.45. The van der Waals surface area contributed by atoms with Gasteiger partial charge in [0.05, 0.1) is 17.8 Å². The molecular formula is C14H18N2O2S2. The summed E-state index contributed by atoms with van der Waals surface area (Å²) in [5.74, 6) is 0.0265. The molecule has 2 rings (SSSR count). The Morgan fingerprint density at radius 2 is 2.30 bits per heavy atom. The van der Waals surface area contributed by atoms with Gasteiger partial charge in [0.25, 0.3) is 5.91 Å². The third-order valence-corrected chi connectivity index (χ3v) is 4.59. The standard InChI is InChI=1S/C14H18N2O2S2/c1-4-18-10(2)13-15-12(9-20-13)7-16(3)14(17)11-5-6-19-8-11/h5-6,8-10H,4,7H2,1-3H3/t10-/m0/s1. The van der Waals surface area contributed by atoms with Gasteiger partial charge < -0.3 is 9.64 Å². The second-order valence-corrected chi connectivity index (χ2v) is 6.12. The lowest BCUT2D eigenvalue weighted by Gasteiger charge is -2.15. The zero-order valence-corrected chi connectivity index (χ0v) is 13.5. The molecule has 0 fully saturated rings. The fourth-order valence-corrected chi connectivity index (χ4v) is 3.27. The summed E-state index contributed by atoms with van der Waals surface area (Å²) in [5, 5.41) is 6.72. The molecule has 0 radical (unpaired) electrons. The molecule has 6 heteroatoms. The zero-order valence-electron chi connectivity index (χ0n) is 11.8. The van der Waals surface area contributed by atoms with E-state index in [4.69, 9.17) is 4.74 Å². The molecule has 0 N–H and O–H groups in total. The number of nitrogens with zero attached hydrogens (tertiary/aromatic N) is 2. The Labute approximate surface area is 127 Å². The van der Waals surface area contributed by atoms with E-state index < -0.39 is 0 Å². The molecule has 0 bridgehead atoms. The number of carbonyl (C=O) groups is 1. The first-order valence-corrected chi connectivity index (χ1v) is 8.27. The lowest BCUT2D eigenvalue weighted by molar-refractivity contribution is 0.0756. The van der Waals surface area contributed by atoms with Crippen molar-refractivity contribution >= 4 is 28.6 Å². The van der Waals surface area contributed by atoms with Crippen molar-refractivity contribution in [1.29, 1.82) is 0 Å². The van der Waals surface area contributed by atoms with Gasteiger partial charge in [0.2, 0.25) is 0 Å². The quantitative estimate of drug-likeness (QED) is 0.819. The van der Waals surface area contributed by atoms with Gasteiger partial charge in [-0.15, -0.1) is 11.3 Å². The lowest BCUT2D eigenvalue weighted by Crippen LogP contribution is -2.25. The first-order valence-electron chi connectivity index (χ1n) is 6.45. The fraction of sp³-hybridized carbons (Fsp3) is 0.429. The normalized spacial score (nSPS) is 12.3. The minimum Gasteiger partial charge on any atom is -0.372 e. The molecule has 1 atom stereocenters. The van der Waals surface area contributed by atoms with Crippen LogP contribution < -0.4 is 0 Å². The van der Waals surface area contributed by atoms with E-state index in [1.54, 1.807) is 23.3 Å². The number of rotatable bonds is 6. The van der Waals surface area contributed by atoms with E-state index in [1.165, 1.54) is 11.3 Å². The SMILES string of the molecule is CCO[C@@H](C)c1nc(CN(C)C(=O)c2ccsc2)cs1. The van der Waals surface area contributed by atoms with Crippen LogP contribution in [0.15, 0.2) is 22.2 Å². The number of hydrogen-bond acceptors (Lipinski definition) is 5. The molecule has 0 aromatic carbocycles. The first-order chi connectivity index (χ1) is 9.61. The molecule has 0 aliphatic heterocycles. The van der Waals surface area contributed by atoms with Crippen molar-refractivity contribution in [2.24, 2.45) is 0 Å². The number of carbonyl (C=O) groups excluding carboxylic acids is 1. The van der Waals surface area contributed by atoms with Crippen LogP contribution in [0.25, 0.3) is 0 Å². The van der Waals surface area contributed by atoms with E-state index in [1.807, 2.05) is 36.1 Å². The molecule has 4 nitrogen and oxygen atoms in total. The predicted molar refractivity (Wildman–Crippen MR) is 82.3 cm³/mol. The number of hydrogen-bond donors (Lipinski definition) is 0. The summed E-state index contributed by atoms with van der Waals surface area (Å²) < 4.78 is 5.52. The van der Waals surface area contributed by atoms with Crippen LogP contribution in [0.4, 0.5) is 0 Å². The molecule has 108 valence electrons. The number of thiazole rings is 1. The van der Waals surface area contributed by atoms with Gasteiger partial charge in [0, 0.05) is 24.4 Å². The third kappa shape index (κ3) is 3.65. The number of aromatic nitrogens is 1. The Morgan fingerprint density at radius 1 is 1.50 bits per heavy atom.